The molecule has 1 fully saturated rings. The molecule has 0 unspecified atom stereocenters. The molecule has 244 valence electrons. The maximum absolute atomic E-state index is 12.9. The van der Waals surface area contributed by atoms with Gasteiger partial charge in [-0.25, -0.2) is 0 Å². The normalized spacial score (nSPS) is 21.4. The van der Waals surface area contributed by atoms with Gasteiger partial charge in [-0.3, -0.25) is 4.79 Å². The molecule has 0 saturated carbocycles. The standard InChI is InChI=1S/C38H51NO6/c1-2-3-4-5-6-16-25-39-35(41)24-23-33-36(42-27-30-17-10-7-11-18-30)38(44-29-32-21-14-9-15-22-32)37(34(26-40)45-33)43-28-31-19-12-8-13-20-31/h7-15,17-22,33-34,36-38,40H,2-6,16,23-29H2,1H3,(H,39,41)/t33-,34-,36+,37+,38-/m1/s1. The van der Waals surface area contributed by atoms with Gasteiger partial charge in [-0.2, -0.15) is 0 Å². The first-order chi connectivity index (χ1) is 22.2. The van der Waals surface area contributed by atoms with Gasteiger partial charge in [-0.1, -0.05) is 130 Å². The quantitative estimate of drug-likeness (QED) is 0.136. The molecule has 7 heteroatoms. The Bertz CT molecular complexity index is 1190. The summed E-state index contributed by atoms with van der Waals surface area (Å²) in [4.78, 5) is 12.9. The minimum absolute atomic E-state index is 0.00118. The lowest BCUT2D eigenvalue weighted by molar-refractivity contribution is -0.270. The van der Waals surface area contributed by atoms with Gasteiger partial charge >= 0.3 is 0 Å². The van der Waals surface area contributed by atoms with Gasteiger partial charge in [0.15, 0.2) is 0 Å². The number of benzene rings is 3. The predicted molar refractivity (Wildman–Crippen MR) is 176 cm³/mol. The number of aliphatic hydroxyl groups excluding tert-OH is 1. The van der Waals surface area contributed by atoms with Crippen molar-refractivity contribution in [2.24, 2.45) is 0 Å². The van der Waals surface area contributed by atoms with E-state index >= 15 is 0 Å². The second kappa shape index (κ2) is 20.1. The van der Waals surface area contributed by atoms with Crippen LogP contribution < -0.4 is 5.32 Å². The van der Waals surface area contributed by atoms with E-state index in [-0.39, 0.29) is 12.5 Å². The summed E-state index contributed by atoms with van der Waals surface area (Å²) >= 11 is 0. The van der Waals surface area contributed by atoms with Crippen LogP contribution in [0.5, 0.6) is 0 Å². The van der Waals surface area contributed by atoms with E-state index in [4.69, 9.17) is 18.9 Å². The number of amides is 1. The van der Waals surface area contributed by atoms with Crippen LogP contribution in [0.1, 0.15) is 75.0 Å². The molecular formula is C38H51NO6. The minimum atomic E-state index is -0.637. The molecule has 1 aliphatic heterocycles. The smallest absolute Gasteiger partial charge is 0.220 e. The average molecular weight is 618 g/mol. The number of nitrogens with one attached hydrogen (secondary N) is 1. The van der Waals surface area contributed by atoms with Crippen LogP contribution in [0.4, 0.5) is 0 Å². The number of hydrogen-bond acceptors (Lipinski definition) is 6. The number of hydrogen-bond donors (Lipinski definition) is 2. The van der Waals surface area contributed by atoms with E-state index in [0.29, 0.717) is 39.2 Å². The second-order valence-corrected chi connectivity index (χ2v) is 11.8. The highest BCUT2D eigenvalue weighted by atomic mass is 16.6. The fraction of sp³-hybridized carbons (Fsp3) is 0.500. The summed E-state index contributed by atoms with van der Waals surface area (Å²) in [5.74, 6) is -0.00118. The van der Waals surface area contributed by atoms with Crippen molar-refractivity contribution < 1.29 is 28.8 Å². The SMILES string of the molecule is CCCCCCCCNC(=O)CC[C@H]1O[C@H](CO)[C@H](OCc2ccccc2)[C@H](OCc2ccccc2)[C@H]1OCc1ccccc1. The Kier molecular flexibility index (Phi) is 15.6. The molecule has 2 N–H and O–H groups in total. The van der Waals surface area contributed by atoms with Crippen LogP contribution in [-0.4, -0.2) is 54.7 Å². The molecule has 0 radical (unpaired) electrons. The summed E-state index contributed by atoms with van der Waals surface area (Å²) in [5, 5.41) is 13.6. The van der Waals surface area contributed by atoms with Crippen molar-refractivity contribution >= 4 is 5.91 Å². The lowest BCUT2D eigenvalue weighted by atomic mass is 9.91. The highest BCUT2D eigenvalue weighted by Gasteiger charge is 2.48. The maximum Gasteiger partial charge on any atom is 0.220 e. The van der Waals surface area contributed by atoms with Gasteiger partial charge in [0.2, 0.25) is 5.91 Å². The molecule has 0 bridgehead atoms. The van der Waals surface area contributed by atoms with E-state index in [0.717, 1.165) is 29.5 Å². The first kappa shape index (κ1) is 34.8. The third-order valence-electron chi connectivity index (χ3n) is 8.27. The summed E-state index contributed by atoms with van der Waals surface area (Å²) in [6.45, 7) is 3.71. The lowest BCUT2D eigenvalue weighted by Crippen LogP contribution is -2.61. The Morgan fingerprint density at radius 2 is 1.13 bits per heavy atom. The second-order valence-electron chi connectivity index (χ2n) is 11.8. The molecule has 1 heterocycles. The van der Waals surface area contributed by atoms with E-state index in [1.807, 2.05) is 91.0 Å². The first-order valence-electron chi connectivity index (χ1n) is 16.7. The van der Waals surface area contributed by atoms with Crippen molar-refractivity contribution in [2.45, 2.75) is 109 Å². The largest absolute Gasteiger partial charge is 0.394 e. The number of unbranched alkanes of at least 4 members (excludes halogenated alkanes) is 5. The predicted octanol–water partition coefficient (Wildman–Crippen LogP) is 6.76. The number of ether oxygens (including phenoxy) is 4. The molecule has 1 aliphatic rings. The zero-order chi connectivity index (χ0) is 31.5. The lowest BCUT2D eigenvalue weighted by Gasteiger charge is -2.46. The summed E-state index contributed by atoms with van der Waals surface area (Å²) < 4.78 is 26.2. The van der Waals surface area contributed by atoms with Gasteiger partial charge in [-0.05, 0) is 29.5 Å². The number of rotatable bonds is 20. The molecule has 1 saturated heterocycles. The Hall–Kier alpha value is -3.07. The van der Waals surface area contributed by atoms with Crippen LogP contribution in [0.2, 0.25) is 0 Å². The Morgan fingerprint density at radius 3 is 1.64 bits per heavy atom. The van der Waals surface area contributed by atoms with Gasteiger partial charge in [-0.15, -0.1) is 0 Å². The van der Waals surface area contributed by atoms with Gasteiger partial charge in [0.25, 0.3) is 0 Å². The highest BCUT2D eigenvalue weighted by molar-refractivity contribution is 5.75. The van der Waals surface area contributed by atoms with Crippen LogP contribution in [0.15, 0.2) is 91.0 Å². The van der Waals surface area contributed by atoms with Crippen molar-refractivity contribution in [1.29, 1.82) is 0 Å². The number of carbonyl (C=O) groups is 1. The topological polar surface area (TPSA) is 86.3 Å². The van der Waals surface area contributed by atoms with Gasteiger partial charge < -0.3 is 29.4 Å². The summed E-state index contributed by atoms with van der Waals surface area (Å²) in [5.41, 5.74) is 3.07. The molecule has 3 aromatic rings. The van der Waals surface area contributed by atoms with Crippen LogP contribution in [0, 0.1) is 0 Å². The van der Waals surface area contributed by atoms with Crippen LogP contribution in [0.3, 0.4) is 0 Å². The summed E-state index contributed by atoms with van der Waals surface area (Å²) in [6, 6.07) is 29.9. The van der Waals surface area contributed by atoms with Crippen molar-refractivity contribution in [2.75, 3.05) is 13.2 Å². The Labute approximate surface area is 269 Å². The van der Waals surface area contributed by atoms with Crippen LogP contribution >= 0.6 is 0 Å². The molecule has 7 nitrogen and oxygen atoms in total. The third kappa shape index (κ3) is 12.0. The Balaban J connectivity index is 1.48. The van der Waals surface area contributed by atoms with Crippen molar-refractivity contribution in [3.63, 3.8) is 0 Å². The van der Waals surface area contributed by atoms with E-state index in [2.05, 4.69) is 12.2 Å². The average Bonchev–Trinajstić information content (AvgIpc) is 3.09. The molecule has 0 aliphatic carbocycles. The molecule has 0 spiro atoms. The Morgan fingerprint density at radius 1 is 0.667 bits per heavy atom. The van der Waals surface area contributed by atoms with Gasteiger partial charge in [0.05, 0.1) is 32.5 Å². The van der Waals surface area contributed by atoms with E-state index in [1.165, 1.54) is 25.7 Å². The molecular weight excluding hydrogens is 566 g/mol. The highest BCUT2D eigenvalue weighted by Crippen LogP contribution is 2.32. The van der Waals surface area contributed by atoms with Crippen molar-refractivity contribution in [3.05, 3.63) is 108 Å². The molecule has 3 aromatic carbocycles. The maximum atomic E-state index is 12.9. The third-order valence-corrected chi connectivity index (χ3v) is 8.27. The molecule has 4 rings (SSSR count). The fourth-order valence-electron chi connectivity index (χ4n) is 5.76. The fourth-order valence-corrected chi connectivity index (χ4v) is 5.76. The van der Waals surface area contributed by atoms with E-state index in [1.54, 1.807) is 0 Å². The van der Waals surface area contributed by atoms with Crippen LogP contribution in [-0.2, 0) is 43.6 Å². The molecule has 45 heavy (non-hydrogen) atoms. The summed E-state index contributed by atoms with van der Waals surface area (Å²) in [7, 11) is 0. The number of carbonyl (C=O) groups excluding carboxylic acids is 1. The monoisotopic (exact) mass is 617 g/mol. The minimum Gasteiger partial charge on any atom is -0.394 e. The number of aliphatic hydroxyl groups is 1. The molecule has 1 amide bonds. The van der Waals surface area contributed by atoms with Gasteiger partial charge in [0, 0.05) is 13.0 Å². The zero-order valence-electron chi connectivity index (χ0n) is 26.7. The zero-order valence-corrected chi connectivity index (χ0v) is 26.7. The summed E-state index contributed by atoms with van der Waals surface area (Å²) in [6.07, 6.45) is 5.05. The van der Waals surface area contributed by atoms with E-state index < -0.39 is 30.5 Å². The first-order valence-corrected chi connectivity index (χ1v) is 16.7. The van der Waals surface area contributed by atoms with Crippen molar-refractivity contribution in [1.82, 2.24) is 5.32 Å². The van der Waals surface area contributed by atoms with E-state index in [9.17, 15) is 9.90 Å². The molecule has 0 aromatic heterocycles. The van der Waals surface area contributed by atoms with Crippen LogP contribution in [0.25, 0.3) is 0 Å². The van der Waals surface area contributed by atoms with Crippen molar-refractivity contribution in [3.8, 4) is 0 Å². The molecule has 5 atom stereocenters. The van der Waals surface area contributed by atoms with Gasteiger partial charge in [0.1, 0.15) is 24.4 Å².